The minimum Gasteiger partial charge on any atom is -0.471 e. The molecule has 0 saturated carbocycles. The second-order valence-electron chi connectivity index (χ2n) is 6.17. The summed E-state index contributed by atoms with van der Waals surface area (Å²) in [5.74, 6) is 0.312. The van der Waals surface area contributed by atoms with Gasteiger partial charge in [0, 0.05) is 24.7 Å². The maximum absolute atomic E-state index is 13.4. The molecule has 0 spiro atoms. The molecule has 1 heterocycles. The monoisotopic (exact) mass is 381 g/mol. The summed E-state index contributed by atoms with van der Waals surface area (Å²) in [6, 6.07) is 16.5. The molecule has 0 radical (unpaired) electrons. The number of piperidine rings is 1. The van der Waals surface area contributed by atoms with Crippen LogP contribution in [0.3, 0.4) is 0 Å². The Kier molecular flexibility index (Phi) is 7.56. The lowest BCUT2D eigenvalue weighted by molar-refractivity contribution is 0.0103. The molecule has 1 N–H and O–H groups in total. The Labute approximate surface area is 154 Å². The average molecular weight is 381 g/mol. The van der Waals surface area contributed by atoms with Gasteiger partial charge in [0.1, 0.15) is 11.6 Å². The van der Waals surface area contributed by atoms with Gasteiger partial charge < -0.3 is 4.74 Å². The van der Waals surface area contributed by atoms with E-state index in [2.05, 4.69) is 17.0 Å². The van der Waals surface area contributed by atoms with E-state index in [4.69, 9.17) is 9.29 Å². The summed E-state index contributed by atoms with van der Waals surface area (Å²) < 4.78 is 45.3. The van der Waals surface area contributed by atoms with E-state index < -0.39 is 10.1 Å². The number of halogens is 1. The molecule has 1 atom stereocenters. The quantitative estimate of drug-likeness (QED) is 0.814. The third kappa shape index (κ3) is 7.51. The summed E-state index contributed by atoms with van der Waals surface area (Å²) in [7, 11) is -3.67. The van der Waals surface area contributed by atoms with E-state index in [1.165, 1.54) is 31.4 Å². The molecule has 2 aromatic rings. The van der Waals surface area contributed by atoms with E-state index in [0.717, 1.165) is 18.7 Å². The molecule has 7 heteroatoms. The molecule has 5 nitrogen and oxygen atoms in total. The number of benzene rings is 2. The molecule has 0 bridgehead atoms. The van der Waals surface area contributed by atoms with Crippen LogP contribution in [0.4, 0.5) is 4.39 Å². The molecular weight excluding hydrogens is 357 g/mol. The van der Waals surface area contributed by atoms with Gasteiger partial charge in [-0.25, -0.2) is 4.39 Å². The molecule has 0 aromatic heterocycles. The van der Waals surface area contributed by atoms with Crippen molar-refractivity contribution in [2.45, 2.75) is 25.5 Å². The number of hydrogen-bond donors (Lipinski definition) is 1. The zero-order chi connectivity index (χ0) is 19.0. The summed E-state index contributed by atoms with van der Waals surface area (Å²) >= 11 is 0. The smallest absolute Gasteiger partial charge is 0.261 e. The summed E-state index contributed by atoms with van der Waals surface area (Å²) in [4.78, 5) is 2.34. The van der Waals surface area contributed by atoms with E-state index >= 15 is 0 Å². The number of rotatable bonds is 4. The van der Waals surface area contributed by atoms with Crippen molar-refractivity contribution >= 4 is 10.1 Å². The van der Waals surface area contributed by atoms with Crippen molar-refractivity contribution < 1.29 is 22.1 Å². The summed E-state index contributed by atoms with van der Waals surface area (Å²) in [6.07, 6.45) is 4.23. The number of ether oxygens (including phenoxy) is 1. The fourth-order valence-electron chi connectivity index (χ4n) is 2.79. The van der Waals surface area contributed by atoms with Gasteiger partial charge in [0.15, 0.2) is 6.23 Å². The number of hydrogen-bond acceptors (Lipinski definition) is 4. The number of likely N-dealkylation sites (tertiary alicyclic amines) is 1. The first-order chi connectivity index (χ1) is 12.3. The van der Waals surface area contributed by atoms with Crippen LogP contribution in [0, 0.1) is 5.82 Å². The fraction of sp³-hybridized carbons (Fsp3) is 0.368. The molecule has 142 valence electrons. The highest BCUT2D eigenvalue weighted by Gasteiger charge is 2.23. The number of nitrogens with zero attached hydrogens (tertiary/aromatic N) is 1. The van der Waals surface area contributed by atoms with Crippen molar-refractivity contribution in [2.75, 3.05) is 19.3 Å². The third-order valence-electron chi connectivity index (χ3n) is 3.85. The maximum Gasteiger partial charge on any atom is 0.261 e. The molecule has 1 aliphatic heterocycles. The van der Waals surface area contributed by atoms with Crippen LogP contribution in [0.5, 0.6) is 5.75 Å². The predicted octanol–water partition coefficient (Wildman–Crippen LogP) is 3.89. The highest BCUT2D eigenvalue weighted by atomic mass is 32.2. The first kappa shape index (κ1) is 20.4. The van der Waals surface area contributed by atoms with Gasteiger partial charge in [-0.2, -0.15) is 8.42 Å². The van der Waals surface area contributed by atoms with Crippen LogP contribution in [0.1, 0.15) is 31.1 Å². The molecule has 2 aromatic carbocycles. The molecule has 1 aliphatic rings. The molecule has 0 unspecified atom stereocenters. The van der Waals surface area contributed by atoms with Crippen LogP contribution < -0.4 is 4.74 Å². The molecule has 0 aliphatic carbocycles. The lowest BCUT2D eigenvalue weighted by atomic mass is 10.1. The molecule has 1 fully saturated rings. The summed E-state index contributed by atoms with van der Waals surface area (Å²) in [5, 5.41) is 0. The Bertz CT molecular complexity index is 769. The van der Waals surface area contributed by atoms with Gasteiger partial charge >= 0.3 is 0 Å². The van der Waals surface area contributed by atoms with Gasteiger partial charge in [0.2, 0.25) is 0 Å². The minimum atomic E-state index is -3.67. The highest BCUT2D eigenvalue weighted by molar-refractivity contribution is 7.85. The van der Waals surface area contributed by atoms with E-state index in [0.29, 0.717) is 12.0 Å². The van der Waals surface area contributed by atoms with Gasteiger partial charge in [-0.1, -0.05) is 42.8 Å². The lowest BCUT2D eigenvalue weighted by Gasteiger charge is -2.34. The van der Waals surface area contributed by atoms with Gasteiger partial charge in [0.05, 0.1) is 6.26 Å². The lowest BCUT2D eigenvalue weighted by Crippen LogP contribution is -2.36. The molecule has 26 heavy (non-hydrogen) atoms. The second kappa shape index (κ2) is 9.66. The SMILES string of the molecule is CS(=O)(=O)O.Fc1cccc(O[C@H](c2ccccc2)N2CCCCC2)c1. The Balaban J connectivity index is 0.000000431. The Morgan fingerprint density at radius 2 is 1.65 bits per heavy atom. The predicted molar refractivity (Wildman–Crippen MR) is 99.1 cm³/mol. The van der Waals surface area contributed by atoms with Gasteiger partial charge in [0.25, 0.3) is 10.1 Å². The zero-order valence-corrected chi connectivity index (χ0v) is 15.5. The van der Waals surface area contributed by atoms with Crippen molar-refractivity contribution in [3.63, 3.8) is 0 Å². The standard InChI is InChI=1S/C18H20FNO.CH4O3S/c19-16-10-7-11-17(14-16)21-18(15-8-3-1-4-9-15)20-12-5-2-6-13-20;1-5(2,3)4/h1,3-4,7-11,14,18H,2,5-6,12-13H2;1H3,(H,2,3,4)/t18-;/m1./s1. The average Bonchev–Trinajstić information content (AvgIpc) is 2.60. The maximum atomic E-state index is 13.4. The molecule has 3 rings (SSSR count). The molecule has 1 saturated heterocycles. The molecule has 0 amide bonds. The minimum absolute atomic E-state index is 0.145. The third-order valence-corrected chi connectivity index (χ3v) is 3.85. The van der Waals surface area contributed by atoms with E-state index in [1.54, 1.807) is 6.07 Å². The topological polar surface area (TPSA) is 66.8 Å². The van der Waals surface area contributed by atoms with Crippen molar-refractivity contribution in [1.29, 1.82) is 0 Å². The second-order valence-corrected chi connectivity index (χ2v) is 7.63. The van der Waals surface area contributed by atoms with Crippen molar-refractivity contribution in [3.05, 3.63) is 66.0 Å². The van der Waals surface area contributed by atoms with Crippen molar-refractivity contribution in [2.24, 2.45) is 0 Å². The largest absolute Gasteiger partial charge is 0.471 e. The van der Waals surface area contributed by atoms with Crippen LogP contribution in [0.15, 0.2) is 54.6 Å². The zero-order valence-electron chi connectivity index (χ0n) is 14.7. The Morgan fingerprint density at radius 1 is 1.04 bits per heavy atom. The van der Waals surface area contributed by atoms with Crippen LogP contribution in [-0.2, 0) is 10.1 Å². The van der Waals surface area contributed by atoms with Gasteiger partial charge in [-0.05, 0) is 25.0 Å². The van der Waals surface area contributed by atoms with Crippen molar-refractivity contribution in [1.82, 2.24) is 4.90 Å². The fourth-order valence-corrected chi connectivity index (χ4v) is 2.79. The first-order valence-corrected chi connectivity index (χ1v) is 10.3. The Hall–Kier alpha value is -1.96. The van der Waals surface area contributed by atoms with Gasteiger partial charge in [-0.15, -0.1) is 0 Å². The van der Waals surface area contributed by atoms with Crippen LogP contribution >= 0.6 is 0 Å². The summed E-state index contributed by atoms with van der Waals surface area (Å²) in [5.41, 5.74) is 1.11. The highest BCUT2D eigenvalue weighted by Crippen LogP contribution is 2.28. The van der Waals surface area contributed by atoms with Crippen LogP contribution in [0.2, 0.25) is 0 Å². The molecular formula is C19H24FNO4S. The Morgan fingerprint density at radius 3 is 2.23 bits per heavy atom. The van der Waals surface area contributed by atoms with Gasteiger partial charge in [-0.3, -0.25) is 9.45 Å². The first-order valence-electron chi connectivity index (χ1n) is 8.46. The van der Waals surface area contributed by atoms with E-state index in [1.807, 2.05) is 24.3 Å². The normalized spacial score (nSPS) is 16.3. The van der Waals surface area contributed by atoms with Crippen LogP contribution in [-0.4, -0.2) is 37.2 Å². The van der Waals surface area contributed by atoms with E-state index in [9.17, 15) is 12.8 Å². The summed E-state index contributed by atoms with van der Waals surface area (Å²) in [6.45, 7) is 2.05. The van der Waals surface area contributed by atoms with Crippen LogP contribution in [0.25, 0.3) is 0 Å². The van der Waals surface area contributed by atoms with Crippen molar-refractivity contribution in [3.8, 4) is 5.75 Å². The van der Waals surface area contributed by atoms with E-state index in [-0.39, 0.29) is 12.0 Å².